The normalized spacial score (nSPS) is 14.1. The van der Waals surface area contributed by atoms with Crippen LogP contribution in [-0.4, -0.2) is 31.9 Å². The lowest BCUT2D eigenvalue weighted by atomic mass is 10.0. The summed E-state index contributed by atoms with van der Waals surface area (Å²) in [5.74, 6) is -0.0561. The summed E-state index contributed by atoms with van der Waals surface area (Å²) in [6, 6.07) is 9.92. The summed E-state index contributed by atoms with van der Waals surface area (Å²) in [5, 5.41) is 3.58. The van der Waals surface area contributed by atoms with Gasteiger partial charge in [-0.2, -0.15) is 0 Å². The molecule has 0 aliphatic carbocycles. The number of nitrogens with zero attached hydrogens (tertiary/aromatic N) is 3. The van der Waals surface area contributed by atoms with Crippen LogP contribution in [0.3, 0.4) is 0 Å². The number of para-hydroxylation sites is 1. The molecule has 0 fully saturated rings. The third-order valence-corrected chi connectivity index (χ3v) is 5.81. The van der Waals surface area contributed by atoms with E-state index >= 15 is 0 Å². The first-order chi connectivity index (χ1) is 12.7. The summed E-state index contributed by atoms with van der Waals surface area (Å²) in [6.07, 6.45) is 2.27. The number of hydrogen-bond donors (Lipinski definition) is 1. The number of fused-ring (bicyclic) bond motifs is 4. The van der Waals surface area contributed by atoms with Crippen LogP contribution < -0.4 is 5.56 Å². The molecule has 1 aliphatic rings. The monoisotopic (exact) mass is 364 g/mol. The molecular formula is C19H16N4O2S. The molecule has 3 aromatic heterocycles. The molecule has 0 radical (unpaired) electrons. The molecule has 0 saturated heterocycles. The molecule has 5 rings (SSSR count). The van der Waals surface area contributed by atoms with Gasteiger partial charge in [0.2, 0.25) is 5.91 Å². The Morgan fingerprint density at radius 1 is 1.23 bits per heavy atom. The number of aromatic nitrogens is 3. The zero-order valence-corrected chi connectivity index (χ0v) is 14.8. The molecule has 0 unspecified atom stereocenters. The number of rotatable bonds is 2. The van der Waals surface area contributed by atoms with Crippen LogP contribution in [0.4, 0.5) is 0 Å². The van der Waals surface area contributed by atoms with Crippen molar-refractivity contribution >= 4 is 38.4 Å². The van der Waals surface area contributed by atoms with Gasteiger partial charge in [-0.25, -0.2) is 4.98 Å². The molecule has 4 heterocycles. The lowest BCUT2D eigenvalue weighted by molar-refractivity contribution is -0.132. The van der Waals surface area contributed by atoms with E-state index in [-0.39, 0.29) is 18.0 Å². The van der Waals surface area contributed by atoms with E-state index in [0.29, 0.717) is 23.3 Å². The molecule has 1 N–H and O–H groups in total. The van der Waals surface area contributed by atoms with E-state index in [9.17, 15) is 9.59 Å². The zero-order valence-electron chi connectivity index (χ0n) is 13.9. The maximum Gasteiger partial charge on any atom is 0.262 e. The van der Waals surface area contributed by atoms with Crippen molar-refractivity contribution in [2.45, 2.75) is 19.5 Å². The summed E-state index contributed by atoms with van der Waals surface area (Å²) < 4.78 is 1.40. The van der Waals surface area contributed by atoms with E-state index in [0.717, 1.165) is 11.9 Å². The van der Waals surface area contributed by atoms with Crippen molar-refractivity contribution in [1.29, 1.82) is 0 Å². The second-order valence-electron chi connectivity index (χ2n) is 6.51. The van der Waals surface area contributed by atoms with E-state index in [2.05, 4.69) is 22.1 Å². The van der Waals surface area contributed by atoms with Gasteiger partial charge in [-0.05, 0) is 17.5 Å². The second kappa shape index (κ2) is 5.81. The first-order valence-corrected chi connectivity index (χ1v) is 9.37. The molecule has 26 heavy (non-hydrogen) atoms. The summed E-state index contributed by atoms with van der Waals surface area (Å²) in [7, 11) is 0. The maximum absolute atomic E-state index is 12.8. The quantitative estimate of drug-likeness (QED) is 0.594. The number of hydrogen-bond acceptors (Lipinski definition) is 4. The minimum atomic E-state index is -0.158. The Balaban J connectivity index is 1.42. The van der Waals surface area contributed by atoms with E-state index in [1.807, 2.05) is 22.4 Å². The van der Waals surface area contributed by atoms with E-state index < -0.39 is 0 Å². The number of carbonyl (C=O) groups is 1. The maximum atomic E-state index is 12.8. The average molecular weight is 364 g/mol. The van der Waals surface area contributed by atoms with Crippen LogP contribution in [0.5, 0.6) is 0 Å². The molecule has 0 atom stereocenters. The van der Waals surface area contributed by atoms with Gasteiger partial charge in [-0.1, -0.05) is 18.2 Å². The van der Waals surface area contributed by atoms with Crippen molar-refractivity contribution in [3.8, 4) is 0 Å². The van der Waals surface area contributed by atoms with Crippen LogP contribution in [0.1, 0.15) is 11.3 Å². The fourth-order valence-electron chi connectivity index (χ4n) is 3.63. The van der Waals surface area contributed by atoms with Crippen LogP contribution in [-0.2, 0) is 24.3 Å². The summed E-state index contributed by atoms with van der Waals surface area (Å²) in [5.41, 5.74) is 3.33. The highest BCUT2D eigenvalue weighted by atomic mass is 32.1. The van der Waals surface area contributed by atoms with Crippen molar-refractivity contribution in [1.82, 2.24) is 19.4 Å². The Labute approximate surface area is 152 Å². The highest BCUT2D eigenvalue weighted by molar-refractivity contribution is 7.16. The highest BCUT2D eigenvalue weighted by Crippen LogP contribution is 2.27. The summed E-state index contributed by atoms with van der Waals surface area (Å²) >= 11 is 1.43. The van der Waals surface area contributed by atoms with Crippen LogP contribution >= 0.6 is 11.3 Å². The fraction of sp³-hybridized carbons (Fsp3) is 0.211. The molecular weight excluding hydrogens is 348 g/mol. The van der Waals surface area contributed by atoms with Crippen LogP contribution in [0.15, 0.2) is 46.8 Å². The Morgan fingerprint density at radius 3 is 3.04 bits per heavy atom. The molecule has 0 spiro atoms. The molecule has 0 saturated carbocycles. The Hall–Kier alpha value is -2.93. The Kier molecular flexibility index (Phi) is 3.43. The first-order valence-electron chi connectivity index (χ1n) is 8.49. The predicted molar refractivity (Wildman–Crippen MR) is 101 cm³/mol. The van der Waals surface area contributed by atoms with E-state index in [1.165, 1.54) is 38.9 Å². The standard InChI is InChI=1S/C19H16N4O2S/c24-17(10-23-11-20-18-13(19(23)25)6-8-26-18)22-7-5-16-14(9-22)12-3-1-2-4-15(12)21-16/h1-4,6,8,11,21H,5,7,9-10H2. The largest absolute Gasteiger partial charge is 0.358 e. The van der Waals surface area contributed by atoms with Gasteiger partial charge in [0.05, 0.1) is 11.7 Å². The molecule has 0 bridgehead atoms. The molecule has 1 aromatic carbocycles. The van der Waals surface area contributed by atoms with E-state index in [4.69, 9.17) is 0 Å². The first kappa shape index (κ1) is 15.3. The minimum Gasteiger partial charge on any atom is -0.358 e. The minimum absolute atomic E-state index is 0.0231. The number of thiophene rings is 1. The summed E-state index contributed by atoms with van der Waals surface area (Å²) in [6.45, 7) is 1.25. The topological polar surface area (TPSA) is 71.0 Å². The SMILES string of the molecule is O=C(Cn1cnc2sccc2c1=O)N1CCc2[nH]c3ccccc3c2C1. The molecule has 130 valence electrons. The molecule has 4 aromatic rings. The average Bonchev–Trinajstić information content (AvgIpc) is 3.28. The lowest BCUT2D eigenvalue weighted by Crippen LogP contribution is -2.39. The van der Waals surface area contributed by atoms with Crippen LogP contribution in [0.2, 0.25) is 0 Å². The van der Waals surface area contributed by atoms with E-state index in [1.54, 1.807) is 6.07 Å². The Morgan fingerprint density at radius 2 is 2.12 bits per heavy atom. The van der Waals surface area contributed by atoms with Crippen molar-refractivity contribution < 1.29 is 4.79 Å². The number of amides is 1. The van der Waals surface area contributed by atoms with Crippen molar-refractivity contribution in [3.63, 3.8) is 0 Å². The zero-order chi connectivity index (χ0) is 17.7. The van der Waals surface area contributed by atoms with Crippen molar-refractivity contribution in [2.75, 3.05) is 6.54 Å². The number of benzene rings is 1. The van der Waals surface area contributed by atoms with Gasteiger partial charge in [0.15, 0.2) is 0 Å². The molecule has 1 amide bonds. The van der Waals surface area contributed by atoms with Crippen LogP contribution in [0.25, 0.3) is 21.1 Å². The Bertz CT molecular complexity index is 1200. The van der Waals surface area contributed by atoms with Gasteiger partial charge in [0.25, 0.3) is 5.56 Å². The third kappa shape index (κ3) is 2.35. The van der Waals surface area contributed by atoms with Gasteiger partial charge in [-0.3, -0.25) is 14.2 Å². The van der Waals surface area contributed by atoms with Gasteiger partial charge in [-0.15, -0.1) is 11.3 Å². The third-order valence-electron chi connectivity index (χ3n) is 4.99. The molecule has 6 nitrogen and oxygen atoms in total. The molecule has 1 aliphatic heterocycles. The second-order valence-corrected chi connectivity index (χ2v) is 7.40. The number of carbonyl (C=O) groups excluding carboxylic acids is 1. The lowest BCUT2D eigenvalue weighted by Gasteiger charge is -2.27. The van der Waals surface area contributed by atoms with Crippen molar-refractivity contribution in [3.05, 3.63) is 63.7 Å². The number of aromatic amines is 1. The van der Waals surface area contributed by atoms with Gasteiger partial charge < -0.3 is 9.88 Å². The fourth-order valence-corrected chi connectivity index (χ4v) is 4.35. The predicted octanol–water partition coefficient (Wildman–Crippen LogP) is 2.52. The highest BCUT2D eigenvalue weighted by Gasteiger charge is 2.24. The van der Waals surface area contributed by atoms with Gasteiger partial charge in [0, 0.05) is 41.7 Å². The number of H-pyrrole nitrogens is 1. The van der Waals surface area contributed by atoms with Gasteiger partial charge in [0.1, 0.15) is 11.4 Å². The van der Waals surface area contributed by atoms with Crippen molar-refractivity contribution in [2.24, 2.45) is 0 Å². The van der Waals surface area contributed by atoms with Gasteiger partial charge >= 0.3 is 0 Å². The summed E-state index contributed by atoms with van der Waals surface area (Å²) in [4.78, 5) is 35.5. The number of nitrogens with one attached hydrogen (secondary N) is 1. The van der Waals surface area contributed by atoms with Crippen LogP contribution in [0, 0.1) is 0 Å². The smallest absolute Gasteiger partial charge is 0.262 e. The molecule has 7 heteroatoms.